The molecule has 0 saturated heterocycles. The van der Waals surface area contributed by atoms with Gasteiger partial charge in [-0.3, -0.25) is 5.41 Å². The minimum atomic E-state index is 0.438. The summed E-state index contributed by atoms with van der Waals surface area (Å²) >= 11 is 0. The summed E-state index contributed by atoms with van der Waals surface area (Å²) in [6.45, 7) is 0. The smallest absolute Gasteiger partial charge is 0.155 e. The Morgan fingerprint density at radius 2 is 1.33 bits per heavy atom. The molecule has 0 amide bonds. The molecule has 0 spiro atoms. The van der Waals surface area contributed by atoms with Crippen molar-refractivity contribution in [3.05, 3.63) is 108 Å². The van der Waals surface area contributed by atoms with Crippen LogP contribution in [0.25, 0.3) is 5.57 Å². The summed E-state index contributed by atoms with van der Waals surface area (Å²) < 4.78 is 5.20. The molecular weight excluding hydrogens is 294 g/mol. The first-order valence-electron chi connectivity index (χ1n) is 7.76. The second kappa shape index (κ2) is 7.36. The number of hydrogen-bond acceptors (Lipinski definition) is 2. The lowest BCUT2D eigenvalue weighted by Gasteiger charge is -2.05. The highest BCUT2D eigenvalue weighted by Crippen LogP contribution is 2.22. The van der Waals surface area contributed by atoms with E-state index in [4.69, 9.17) is 10.1 Å². The van der Waals surface area contributed by atoms with E-state index in [2.05, 4.69) is 6.08 Å². The molecule has 0 fully saturated rings. The van der Waals surface area contributed by atoms with E-state index in [0.717, 1.165) is 28.0 Å². The van der Waals surface area contributed by atoms with Gasteiger partial charge in [-0.2, -0.15) is 0 Å². The first-order chi connectivity index (χ1) is 11.8. The molecule has 116 valence electrons. The Hall–Kier alpha value is -3.22. The van der Waals surface area contributed by atoms with E-state index >= 15 is 0 Å². The summed E-state index contributed by atoms with van der Waals surface area (Å²) in [6, 6.07) is 27.4. The molecule has 1 N–H and O–H groups in total. The maximum absolute atomic E-state index is 8.66. The van der Waals surface area contributed by atoms with Gasteiger partial charge in [-0.1, -0.05) is 18.2 Å². The summed E-state index contributed by atoms with van der Waals surface area (Å²) in [5, 5.41) is 8.66. The van der Waals surface area contributed by atoms with Gasteiger partial charge in [-0.15, -0.1) is 0 Å². The molecule has 3 rings (SSSR count). The van der Waals surface area contributed by atoms with Gasteiger partial charge < -0.3 is 4.74 Å². The Morgan fingerprint density at radius 1 is 0.750 bits per heavy atom. The van der Waals surface area contributed by atoms with Crippen LogP contribution >= 0.6 is 0 Å². The zero-order valence-electron chi connectivity index (χ0n) is 13.5. The first-order valence-corrected chi connectivity index (χ1v) is 7.76. The quantitative estimate of drug-likeness (QED) is 0.401. The van der Waals surface area contributed by atoms with E-state index in [9.17, 15) is 0 Å². The molecule has 0 aliphatic carbocycles. The number of benzene rings is 3. The molecule has 3 aromatic rings. The minimum absolute atomic E-state index is 0.438. The molecule has 0 heterocycles. The van der Waals surface area contributed by atoms with E-state index in [1.54, 1.807) is 7.11 Å². The fourth-order valence-corrected chi connectivity index (χ4v) is 2.45. The molecule has 0 aliphatic rings. The zero-order valence-corrected chi connectivity index (χ0v) is 13.5. The van der Waals surface area contributed by atoms with Crippen molar-refractivity contribution in [3.63, 3.8) is 0 Å². The van der Waals surface area contributed by atoms with E-state index in [1.807, 2.05) is 84.9 Å². The normalized spacial score (nSPS) is 10.8. The Morgan fingerprint density at radius 3 is 1.92 bits per heavy atom. The van der Waals surface area contributed by atoms with Crippen LogP contribution in [-0.2, 0) is 0 Å². The molecule has 0 unspecified atom stereocenters. The summed E-state index contributed by atoms with van der Waals surface area (Å²) in [5.41, 5.74) is 3.97. The fourth-order valence-electron chi connectivity index (χ4n) is 2.45. The maximum atomic E-state index is 8.66. The zero-order chi connectivity index (χ0) is 16.8. The van der Waals surface area contributed by atoms with Crippen molar-refractivity contribution in [1.29, 1.82) is 5.41 Å². The van der Waals surface area contributed by atoms with Crippen molar-refractivity contribution in [1.82, 2.24) is 0 Å². The molecule has 0 saturated carbocycles. The summed E-state index contributed by atoms with van der Waals surface area (Å²) in [7, 11) is 1.64. The minimum Gasteiger partial charge on any atom is -0.497 e. The van der Waals surface area contributed by atoms with Crippen molar-refractivity contribution in [2.45, 2.75) is 0 Å². The van der Waals surface area contributed by atoms with Crippen LogP contribution in [0.1, 0.15) is 16.7 Å². The van der Waals surface area contributed by atoms with Gasteiger partial charge in [-0.05, 0) is 54.6 Å². The molecule has 0 aromatic heterocycles. The van der Waals surface area contributed by atoms with Crippen LogP contribution in [0.3, 0.4) is 0 Å². The Kier molecular flexibility index (Phi) is 4.81. The van der Waals surface area contributed by atoms with Crippen LogP contribution in [0.4, 0.5) is 0 Å². The maximum Gasteiger partial charge on any atom is 0.155 e. The topological polar surface area (TPSA) is 33.1 Å². The molecule has 2 heteroatoms. The van der Waals surface area contributed by atoms with E-state index in [-0.39, 0.29) is 0 Å². The van der Waals surface area contributed by atoms with E-state index < -0.39 is 0 Å². The molecule has 0 aliphatic heterocycles. The van der Waals surface area contributed by atoms with Gasteiger partial charge in [0.1, 0.15) is 17.0 Å². The lowest BCUT2D eigenvalue weighted by Crippen LogP contribution is -2.03. The van der Waals surface area contributed by atoms with Crippen LogP contribution in [0, 0.1) is 11.5 Å². The predicted molar refractivity (Wildman–Crippen MR) is 98.5 cm³/mol. The highest BCUT2D eigenvalue weighted by Gasteiger charge is 2.18. The third-order valence-electron chi connectivity index (χ3n) is 3.73. The Labute approximate surface area is 142 Å². The number of methoxy groups -OCH3 is 1. The van der Waals surface area contributed by atoms with Gasteiger partial charge in [-0.25, -0.2) is 0 Å². The number of hydrogen-bond donors (Lipinski definition) is 1. The molecule has 2 nitrogen and oxygen atoms in total. The van der Waals surface area contributed by atoms with Gasteiger partial charge >= 0.3 is 0 Å². The number of nitrogens with one attached hydrogen (secondary N) is 1. The monoisotopic (exact) mass is 312 g/mol. The van der Waals surface area contributed by atoms with Gasteiger partial charge in [0.15, 0.2) is 5.57 Å². The molecule has 0 radical (unpaired) electrons. The van der Waals surface area contributed by atoms with E-state index in [1.165, 1.54) is 0 Å². The van der Waals surface area contributed by atoms with Gasteiger partial charge in [0.2, 0.25) is 0 Å². The van der Waals surface area contributed by atoms with Crippen LogP contribution in [0.2, 0.25) is 0 Å². The summed E-state index contributed by atoms with van der Waals surface area (Å²) in [6.07, 6.45) is 3.38. The van der Waals surface area contributed by atoms with Gasteiger partial charge in [0.05, 0.1) is 12.7 Å². The summed E-state index contributed by atoms with van der Waals surface area (Å²) in [5.74, 6) is 0.781. The third kappa shape index (κ3) is 3.57. The average Bonchev–Trinajstić information content (AvgIpc) is 2.67. The van der Waals surface area contributed by atoms with Crippen LogP contribution < -0.4 is 4.74 Å². The SMILES string of the molecule is COc1ccc(C(=N)C(=[C+]c2ccccc2)c2ccccc2)cc1. The van der Waals surface area contributed by atoms with Gasteiger partial charge in [0, 0.05) is 23.8 Å². The Balaban J connectivity index is 2.04. The second-order valence-electron chi connectivity index (χ2n) is 5.34. The molecule has 3 aromatic carbocycles. The molecule has 24 heavy (non-hydrogen) atoms. The highest BCUT2D eigenvalue weighted by molar-refractivity contribution is 6.30. The van der Waals surface area contributed by atoms with Crippen molar-refractivity contribution < 1.29 is 4.74 Å². The van der Waals surface area contributed by atoms with Crippen molar-refractivity contribution in [2.75, 3.05) is 7.11 Å². The summed E-state index contributed by atoms with van der Waals surface area (Å²) in [4.78, 5) is 0. The highest BCUT2D eigenvalue weighted by atomic mass is 16.5. The standard InChI is InChI=1S/C22H18NO/c1-24-20-14-12-19(13-15-20)22(23)21(18-10-6-3-7-11-18)16-17-8-4-2-5-9-17/h2-15,23H,1H3/q+1. The molecule has 0 bridgehead atoms. The second-order valence-corrected chi connectivity index (χ2v) is 5.34. The van der Waals surface area contributed by atoms with Crippen molar-refractivity contribution in [2.24, 2.45) is 0 Å². The van der Waals surface area contributed by atoms with Crippen LogP contribution in [0.5, 0.6) is 5.75 Å². The number of rotatable bonds is 5. The lowest BCUT2D eigenvalue weighted by atomic mass is 9.94. The molecular formula is C22H18NO+. The average molecular weight is 312 g/mol. The van der Waals surface area contributed by atoms with Crippen LogP contribution in [0.15, 0.2) is 84.9 Å². The molecule has 0 atom stereocenters. The first kappa shape index (κ1) is 15.7. The predicted octanol–water partition coefficient (Wildman–Crippen LogP) is 5.00. The van der Waals surface area contributed by atoms with Crippen molar-refractivity contribution >= 4 is 11.3 Å². The fraction of sp³-hybridized carbons (Fsp3) is 0.0455. The van der Waals surface area contributed by atoms with E-state index in [0.29, 0.717) is 5.71 Å². The lowest BCUT2D eigenvalue weighted by molar-refractivity contribution is 0.415. The Bertz CT molecular complexity index is 834. The number of ether oxygens (including phenoxy) is 1. The van der Waals surface area contributed by atoms with Crippen LogP contribution in [-0.4, -0.2) is 12.8 Å². The van der Waals surface area contributed by atoms with Gasteiger partial charge in [0.25, 0.3) is 0 Å². The largest absolute Gasteiger partial charge is 0.497 e. The number of allylic oxidation sites excluding steroid dienone is 1. The third-order valence-corrected chi connectivity index (χ3v) is 3.73. The van der Waals surface area contributed by atoms with Crippen molar-refractivity contribution in [3.8, 4) is 5.75 Å².